The van der Waals surface area contributed by atoms with Gasteiger partial charge in [-0.15, -0.1) is 0 Å². The van der Waals surface area contributed by atoms with Crippen LogP contribution in [0.2, 0.25) is 0 Å². The van der Waals surface area contributed by atoms with Crippen molar-refractivity contribution in [2.75, 3.05) is 7.11 Å². The van der Waals surface area contributed by atoms with Crippen LogP contribution in [0, 0.1) is 0 Å². The number of methoxy groups -OCH3 is 1. The normalized spacial score (nSPS) is 10.9. The van der Waals surface area contributed by atoms with E-state index in [9.17, 15) is 9.90 Å². The quantitative estimate of drug-likeness (QED) is 0.751. The van der Waals surface area contributed by atoms with Gasteiger partial charge in [-0.1, -0.05) is 13.8 Å². The van der Waals surface area contributed by atoms with E-state index in [-0.39, 0.29) is 24.0 Å². The standard InChI is InChI=1S/C9H14N2O3/c1-5(2)7-8(12)10-6(4-14-3)11-9(7)13/h5H,4H2,1-3H3,(H2,10,11,12,13). The van der Waals surface area contributed by atoms with Gasteiger partial charge in [-0.2, -0.15) is 4.98 Å². The van der Waals surface area contributed by atoms with Crippen molar-refractivity contribution >= 4 is 0 Å². The molecule has 78 valence electrons. The highest BCUT2D eigenvalue weighted by atomic mass is 16.5. The minimum absolute atomic E-state index is 0.0529. The monoisotopic (exact) mass is 198 g/mol. The van der Waals surface area contributed by atoms with Crippen molar-refractivity contribution in [2.45, 2.75) is 26.4 Å². The van der Waals surface area contributed by atoms with Gasteiger partial charge in [0.2, 0.25) is 5.88 Å². The number of rotatable bonds is 3. The average molecular weight is 198 g/mol. The van der Waals surface area contributed by atoms with Gasteiger partial charge in [-0.3, -0.25) is 4.79 Å². The molecule has 1 aromatic heterocycles. The zero-order valence-corrected chi connectivity index (χ0v) is 8.50. The molecule has 1 rings (SSSR count). The Labute approximate surface area is 81.8 Å². The number of aromatic hydroxyl groups is 1. The van der Waals surface area contributed by atoms with Crippen molar-refractivity contribution in [3.05, 3.63) is 21.7 Å². The molecule has 1 aromatic rings. The van der Waals surface area contributed by atoms with E-state index in [4.69, 9.17) is 4.74 Å². The molecule has 0 aliphatic rings. The van der Waals surface area contributed by atoms with Crippen LogP contribution in [0.15, 0.2) is 4.79 Å². The zero-order valence-electron chi connectivity index (χ0n) is 8.50. The lowest BCUT2D eigenvalue weighted by atomic mass is 10.1. The first-order chi connectivity index (χ1) is 6.56. The van der Waals surface area contributed by atoms with E-state index in [0.717, 1.165) is 0 Å². The molecule has 0 saturated carbocycles. The Balaban J connectivity index is 3.19. The summed E-state index contributed by atoms with van der Waals surface area (Å²) in [7, 11) is 1.49. The second-order valence-corrected chi connectivity index (χ2v) is 3.34. The summed E-state index contributed by atoms with van der Waals surface area (Å²) in [6.07, 6.45) is 0. The van der Waals surface area contributed by atoms with E-state index in [1.807, 2.05) is 13.8 Å². The molecule has 0 bridgehead atoms. The predicted molar refractivity (Wildman–Crippen MR) is 51.3 cm³/mol. The smallest absolute Gasteiger partial charge is 0.258 e. The Morgan fingerprint density at radius 3 is 2.64 bits per heavy atom. The number of aromatic amines is 1. The fourth-order valence-electron chi connectivity index (χ4n) is 1.24. The molecule has 5 nitrogen and oxygen atoms in total. The van der Waals surface area contributed by atoms with Crippen molar-refractivity contribution < 1.29 is 9.84 Å². The maximum absolute atomic E-state index is 11.5. The summed E-state index contributed by atoms with van der Waals surface area (Å²) < 4.78 is 4.79. The first kappa shape index (κ1) is 10.7. The molecular formula is C9H14N2O3. The molecule has 0 spiro atoms. The average Bonchev–Trinajstić information content (AvgIpc) is 2.01. The van der Waals surface area contributed by atoms with Crippen molar-refractivity contribution in [1.82, 2.24) is 9.97 Å². The van der Waals surface area contributed by atoms with Gasteiger partial charge in [0, 0.05) is 7.11 Å². The van der Waals surface area contributed by atoms with Crippen LogP contribution in [0.5, 0.6) is 5.88 Å². The Morgan fingerprint density at radius 1 is 1.57 bits per heavy atom. The van der Waals surface area contributed by atoms with Crippen molar-refractivity contribution in [2.24, 2.45) is 0 Å². The van der Waals surface area contributed by atoms with Crippen LogP contribution in [-0.2, 0) is 11.3 Å². The van der Waals surface area contributed by atoms with Crippen LogP contribution >= 0.6 is 0 Å². The maximum atomic E-state index is 11.5. The van der Waals surface area contributed by atoms with Gasteiger partial charge in [0.15, 0.2) is 0 Å². The number of nitrogens with zero attached hydrogens (tertiary/aromatic N) is 1. The van der Waals surface area contributed by atoms with E-state index >= 15 is 0 Å². The molecule has 1 heterocycles. The summed E-state index contributed by atoms with van der Waals surface area (Å²) >= 11 is 0. The highest BCUT2D eigenvalue weighted by Gasteiger charge is 2.13. The molecular weight excluding hydrogens is 184 g/mol. The zero-order chi connectivity index (χ0) is 10.7. The highest BCUT2D eigenvalue weighted by molar-refractivity contribution is 5.25. The lowest BCUT2D eigenvalue weighted by molar-refractivity contribution is 0.176. The van der Waals surface area contributed by atoms with Crippen LogP contribution in [0.4, 0.5) is 0 Å². The summed E-state index contributed by atoms with van der Waals surface area (Å²) in [5.74, 6) is 0.0676. The van der Waals surface area contributed by atoms with Gasteiger partial charge in [0.05, 0.1) is 5.56 Å². The van der Waals surface area contributed by atoms with E-state index in [1.165, 1.54) is 7.11 Å². The van der Waals surface area contributed by atoms with E-state index in [0.29, 0.717) is 11.4 Å². The van der Waals surface area contributed by atoms with Crippen LogP contribution < -0.4 is 5.56 Å². The first-order valence-corrected chi connectivity index (χ1v) is 4.37. The maximum Gasteiger partial charge on any atom is 0.258 e. The van der Waals surface area contributed by atoms with Gasteiger partial charge in [0.25, 0.3) is 5.56 Å². The second-order valence-electron chi connectivity index (χ2n) is 3.34. The van der Waals surface area contributed by atoms with Crippen LogP contribution in [0.3, 0.4) is 0 Å². The molecule has 0 aliphatic heterocycles. The summed E-state index contributed by atoms with van der Waals surface area (Å²) in [6, 6.07) is 0. The molecule has 2 N–H and O–H groups in total. The summed E-state index contributed by atoms with van der Waals surface area (Å²) in [4.78, 5) is 17.8. The number of hydrogen-bond acceptors (Lipinski definition) is 4. The third-order valence-corrected chi connectivity index (χ3v) is 1.84. The van der Waals surface area contributed by atoms with Crippen molar-refractivity contribution in [1.29, 1.82) is 0 Å². The second kappa shape index (κ2) is 4.23. The van der Waals surface area contributed by atoms with Gasteiger partial charge < -0.3 is 14.8 Å². The highest BCUT2D eigenvalue weighted by Crippen LogP contribution is 2.18. The summed E-state index contributed by atoms with van der Waals surface area (Å²) in [5.41, 5.74) is 0.00408. The molecule has 0 unspecified atom stereocenters. The number of ether oxygens (including phenoxy) is 1. The summed E-state index contributed by atoms with van der Waals surface area (Å²) in [5, 5.41) is 9.48. The van der Waals surface area contributed by atoms with Gasteiger partial charge in [-0.05, 0) is 5.92 Å². The lowest BCUT2D eigenvalue weighted by Crippen LogP contribution is -2.18. The van der Waals surface area contributed by atoms with Crippen molar-refractivity contribution in [3.8, 4) is 5.88 Å². The molecule has 0 fully saturated rings. The number of aromatic nitrogens is 2. The van der Waals surface area contributed by atoms with Crippen LogP contribution in [0.25, 0.3) is 0 Å². The van der Waals surface area contributed by atoms with E-state index in [1.54, 1.807) is 0 Å². The minimum atomic E-state index is -0.306. The Bertz CT molecular complexity index is 371. The first-order valence-electron chi connectivity index (χ1n) is 4.37. The lowest BCUT2D eigenvalue weighted by Gasteiger charge is -2.07. The Morgan fingerprint density at radius 2 is 2.21 bits per heavy atom. The predicted octanol–water partition coefficient (Wildman–Crippen LogP) is 0.745. The topological polar surface area (TPSA) is 75.2 Å². The van der Waals surface area contributed by atoms with Gasteiger partial charge in [0.1, 0.15) is 12.4 Å². The molecule has 0 atom stereocenters. The molecule has 0 radical (unpaired) electrons. The number of nitrogens with one attached hydrogen (secondary N) is 1. The molecule has 0 aromatic carbocycles. The molecule has 0 saturated heterocycles. The van der Waals surface area contributed by atoms with Crippen molar-refractivity contribution in [3.63, 3.8) is 0 Å². The fourth-order valence-corrected chi connectivity index (χ4v) is 1.24. The third-order valence-electron chi connectivity index (χ3n) is 1.84. The molecule has 14 heavy (non-hydrogen) atoms. The third kappa shape index (κ3) is 2.11. The fraction of sp³-hybridized carbons (Fsp3) is 0.556. The number of hydrogen-bond donors (Lipinski definition) is 2. The summed E-state index contributed by atoms with van der Waals surface area (Å²) in [6.45, 7) is 3.82. The van der Waals surface area contributed by atoms with Crippen LogP contribution in [-0.4, -0.2) is 22.2 Å². The molecule has 0 aliphatic carbocycles. The minimum Gasteiger partial charge on any atom is -0.493 e. The van der Waals surface area contributed by atoms with Crippen LogP contribution in [0.1, 0.15) is 31.2 Å². The van der Waals surface area contributed by atoms with Gasteiger partial charge >= 0.3 is 0 Å². The molecule has 0 amide bonds. The van der Waals surface area contributed by atoms with E-state index in [2.05, 4.69) is 9.97 Å². The Hall–Kier alpha value is -1.36. The SMILES string of the molecule is COCc1nc(O)c(C(C)C)c(=O)[nH]1. The van der Waals surface area contributed by atoms with Gasteiger partial charge in [-0.25, -0.2) is 0 Å². The number of H-pyrrole nitrogens is 1. The van der Waals surface area contributed by atoms with E-state index < -0.39 is 0 Å². The molecule has 5 heteroatoms. The largest absolute Gasteiger partial charge is 0.493 e. The Kier molecular flexibility index (Phi) is 3.24.